The van der Waals surface area contributed by atoms with Crippen LogP contribution in [0, 0.1) is 24.6 Å². The van der Waals surface area contributed by atoms with Gasteiger partial charge in [0, 0.05) is 12.0 Å². The number of hydrogen-bond donors (Lipinski definition) is 2. The zero-order valence-electron chi connectivity index (χ0n) is 13.8. The van der Waals surface area contributed by atoms with Crippen LogP contribution in [0.1, 0.15) is 49.8 Å². The molecule has 5 heteroatoms. The molecule has 1 aromatic rings. The van der Waals surface area contributed by atoms with E-state index in [1.807, 2.05) is 12.1 Å². The van der Waals surface area contributed by atoms with Crippen molar-refractivity contribution < 1.29 is 9.18 Å². The van der Waals surface area contributed by atoms with Crippen molar-refractivity contribution in [2.75, 3.05) is 6.54 Å². The summed E-state index contributed by atoms with van der Waals surface area (Å²) in [5, 5.41) is 6.62. The number of carbonyl (C=O) groups is 1. The van der Waals surface area contributed by atoms with E-state index in [9.17, 15) is 9.18 Å². The maximum absolute atomic E-state index is 13.5. The van der Waals surface area contributed by atoms with Crippen LogP contribution >= 0.6 is 12.4 Å². The minimum atomic E-state index is -0.184. The molecule has 1 unspecified atom stereocenters. The van der Waals surface area contributed by atoms with E-state index in [-0.39, 0.29) is 36.1 Å². The molecule has 0 aromatic heterocycles. The number of halogens is 2. The molecule has 23 heavy (non-hydrogen) atoms. The fraction of sp³-hybridized carbons (Fsp3) is 0.611. The van der Waals surface area contributed by atoms with Crippen molar-refractivity contribution in [2.24, 2.45) is 11.8 Å². The third kappa shape index (κ3) is 4.45. The third-order valence-electron chi connectivity index (χ3n) is 4.93. The molecule has 3 atom stereocenters. The van der Waals surface area contributed by atoms with Gasteiger partial charge in [-0.2, -0.15) is 0 Å². The Morgan fingerprint density at radius 1 is 1.35 bits per heavy atom. The average Bonchev–Trinajstić information content (AvgIpc) is 3.32. The van der Waals surface area contributed by atoms with Gasteiger partial charge >= 0.3 is 0 Å². The van der Waals surface area contributed by atoms with Crippen LogP contribution in [0.5, 0.6) is 0 Å². The first-order valence-corrected chi connectivity index (χ1v) is 8.34. The number of amides is 1. The van der Waals surface area contributed by atoms with Crippen LogP contribution in [0.4, 0.5) is 4.39 Å². The van der Waals surface area contributed by atoms with Crippen LogP contribution in [0.2, 0.25) is 0 Å². The van der Waals surface area contributed by atoms with Crippen molar-refractivity contribution in [3.63, 3.8) is 0 Å². The standard InChI is InChI=1S/C18H25FN2O.ClH/c1-11-9-14(5-6-16(11)19)17(13-3-4-13)21-18(22)15-7-8-20-12(2)10-15;/h5-6,9,12-13,15,17,20H,3-4,7-8,10H2,1-2H3,(H,21,22);1H/t12-,15-,17?;/m0./s1. The highest BCUT2D eigenvalue weighted by molar-refractivity contribution is 5.85. The molecule has 0 bridgehead atoms. The predicted octanol–water partition coefficient (Wildman–Crippen LogP) is 3.51. The summed E-state index contributed by atoms with van der Waals surface area (Å²) in [7, 11) is 0. The summed E-state index contributed by atoms with van der Waals surface area (Å²) in [6.45, 7) is 4.81. The SMILES string of the molecule is Cc1cc(C(NC(=O)[C@H]2CCN[C@@H](C)C2)C2CC2)ccc1F.Cl. The highest BCUT2D eigenvalue weighted by Gasteiger charge is 2.35. The van der Waals surface area contributed by atoms with E-state index in [0.29, 0.717) is 17.5 Å². The molecule has 1 saturated carbocycles. The van der Waals surface area contributed by atoms with Gasteiger partial charge in [-0.25, -0.2) is 4.39 Å². The Balaban J connectivity index is 0.00000192. The monoisotopic (exact) mass is 340 g/mol. The lowest BCUT2D eigenvalue weighted by Crippen LogP contribution is -2.43. The first-order valence-electron chi connectivity index (χ1n) is 8.34. The number of carbonyl (C=O) groups excluding carboxylic acids is 1. The van der Waals surface area contributed by atoms with Gasteiger partial charge in [-0.1, -0.05) is 12.1 Å². The van der Waals surface area contributed by atoms with E-state index < -0.39 is 0 Å². The first kappa shape index (κ1) is 18.2. The minimum absolute atomic E-state index is 0. The van der Waals surface area contributed by atoms with Gasteiger partial charge in [-0.05, 0) is 69.2 Å². The molecule has 128 valence electrons. The number of rotatable bonds is 4. The summed E-state index contributed by atoms with van der Waals surface area (Å²) in [5.41, 5.74) is 1.68. The van der Waals surface area contributed by atoms with E-state index in [1.165, 1.54) is 6.07 Å². The quantitative estimate of drug-likeness (QED) is 0.880. The van der Waals surface area contributed by atoms with E-state index in [2.05, 4.69) is 17.6 Å². The molecule has 1 aliphatic heterocycles. The van der Waals surface area contributed by atoms with Crippen LogP contribution < -0.4 is 10.6 Å². The maximum Gasteiger partial charge on any atom is 0.223 e. The van der Waals surface area contributed by atoms with Gasteiger partial charge in [-0.3, -0.25) is 4.79 Å². The molecule has 3 nitrogen and oxygen atoms in total. The van der Waals surface area contributed by atoms with Crippen molar-refractivity contribution >= 4 is 18.3 Å². The predicted molar refractivity (Wildman–Crippen MR) is 92.2 cm³/mol. The number of hydrogen-bond acceptors (Lipinski definition) is 2. The lowest BCUT2D eigenvalue weighted by atomic mass is 9.91. The summed E-state index contributed by atoms with van der Waals surface area (Å²) in [5.74, 6) is 0.580. The van der Waals surface area contributed by atoms with Gasteiger partial charge in [0.2, 0.25) is 5.91 Å². The van der Waals surface area contributed by atoms with Crippen molar-refractivity contribution in [2.45, 2.75) is 51.6 Å². The van der Waals surface area contributed by atoms with Gasteiger partial charge in [0.1, 0.15) is 5.82 Å². The number of nitrogens with one attached hydrogen (secondary N) is 2. The largest absolute Gasteiger partial charge is 0.349 e. The second-order valence-corrected chi connectivity index (χ2v) is 6.91. The number of benzene rings is 1. The summed E-state index contributed by atoms with van der Waals surface area (Å²) in [4.78, 5) is 12.6. The lowest BCUT2D eigenvalue weighted by Gasteiger charge is -2.29. The molecule has 2 N–H and O–H groups in total. The highest BCUT2D eigenvalue weighted by Crippen LogP contribution is 2.41. The Morgan fingerprint density at radius 2 is 2.09 bits per heavy atom. The van der Waals surface area contributed by atoms with Crippen LogP contribution in [-0.2, 0) is 4.79 Å². The van der Waals surface area contributed by atoms with Crippen LogP contribution in [0.15, 0.2) is 18.2 Å². The molecule has 0 radical (unpaired) electrons. The molecule has 3 rings (SSSR count). The fourth-order valence-electron chi connectivity index (χ4n) is 3.41. The molecule has 1 aliphatic carbocycles. The molecule has 1 amide bonds. The average molecular weight is 341 g/mol. The smallest absolute Gasteiger partial charge is 0.223 e. The van der Waals surface area contributed by atoms with E-state index in [0.717, 1.165) is 37.8 Å². The summed E-state index contributed by atoms with van der Waals surface area (Å²) in [6.07, 6.45) is 4.08. The summed E-state index contributed by atoms with van der Waals surface area (Å²) >= 11 is 0. The molecular weight excluding hydrogens is 315 g/mol. The van der Waals surface area contributed by atoms with Crippen molar-refractivity contribution in [3.05, 3.63) is 35.1 Å². The minimum Gasteiger partial charge on any atom is -0.349 e. The Kier molecular flexibility index (Phi) is 6.04. The summed E-state index contributed by atoms with van der Waals surface area (Å²) in [6, 6.07) is 5.65. The van der Waals surface area contributed by atoms with Gasteiger partial charge < -0.3 is 10.6 Å². The maximum atomic E-state index is 13.5. The lowest BCUT2D eigenvalue weighted by molar-refractivity contribution is -0.127. The zero-order chi connectivity index (χ0) is 15.7. The topological polar surface area (TPSA) is 41.1 Å². The summed E-state index contributed by atoms with van der Waals surface area (Å²) < 4.78 is 13.5. The highest BCUT2D eigenvalue weighted by atomic mass is 35.5. The Hall–Kier alpha value is -1.13. The van der Waals surface area contributed by atoms with Crippen molar-refractivity contribution in [1.29, 1.82) is 0 Å². The van der Waals surface area contributed by atoms with Crippen LogP contribution in [0.25, 0.3) is 0 Å². The third-order valence-corrected chi connectivity index (χ3v) is 4.93. The number of piperidine rings is 1. The molecule has 1 saturated heterocycles. The second kappa shape index (κ2) is 7.63. The Bertz CT molecular complexity index is 562. The zero-order valence-corrected chi connectivity index (χ0v) is 14.6. The first-order chi connectivity index (χ1) is 10.5. The molecular formula is C18H26ClFN2O. The molecule has 2 fully saturated rings. The van der Waals surface area contributed by atoms with Crippen LogP contribution in [0.3, 0.4) is 0 Å². The van der Waals surface area contributed by atoms with Crippen LogP contribution in [-0.4, -0.2) is 18.5 Å². The van der Waals surface area contributed by atoms with Gasteiger partial charge in [0.05, 0.1) is 6.04 Å². The van der Waals surface area contributed by atoms with E-state index in [4.69, 9.17) is 0 Å². The van der Waals surface area contributed by atoms with Gasteiger partial charge in [0.15, 0.2) is 0 Å². The normalized spacial score (nSPS) is 25.3. The van der Waals surface area contributed by atoms with E-state index >= 15 is 0 Å². The van der Waals surface area contributed by atoms with Gasteiger partial charge in [-0.15, -0.1) is 12.4 Å². The fourth-order valence-corrected chi connectivity index (χ4v) is 3.41. The van der Waals surface area contributed by atoms with Gasteiger partial charge in [0.25, 0.3) is 0 Å². The Morgan fingerprint density at radius 3 is 2.70 bits per heavy atom. The van der Waals surface area contributed by atoms with Crippen molar-refractivity contribution in [3.8, 4) is 0 Å². The molecule has 1 aromatic carbocycles. The second-order valence-electron chi connectivity index (χ2n) is 6.91. The Labute approximate surface area is 143 Å². The van der Waals surface area contributed by atoms with E-state index in [1.54, 1.807) is 6.92 Å². The molecule has 2 aliphatic rings. The molecule has 0 spiro atoms. The van der Waals surface area contributed by atoms with Crippen molar-refractivity contribution in [1.82, 2.24) is 10.6 Å². The number of aryl methyl sites for hydroxylation is 1. The molecule has 1 heterocycles.